The minimum absolute atomic E-state index is 0. The molecule has 0 atom stereocenters. The number of halogens is 1. The zero-order valence-electron chi connectivity index (χ0n) is 10.5. The number of nitriles is 1. The summed E-state index contributed by atoms with van der Waals surface area (Å²) >= 11 is 1.61. The van der Waals surface area contributed by atoms with Gasteiger partial charge in [-0.05, 0) is 23.8 Å². The summed E-state index contributed by atoms with van der Waals surface area (Å²) in [6, 6.07) is 17.8. The van der Waals surface area contributed by atoms with Crippen LogP contribution >= 0.6 is 11.8 Å². The molecule has 0 saturated carbocycles. The summed E-state index contributed by atoms with van der Waals surface area (Å²) in [5.41, 5.74) is 3.78. The van der Waals surface area contributed by atoms with E-state index in [0.29, 0.717) is 0 Å². The number of hydrogen-bond donors (Lipinski definition) is 1. The fourth-order valence-corrected chi connectivity index (χ4v) is 2.79. The van der Waals surface area contributed by atoms with E-state index in [2.05, 4.69) is 16.0 Å². The molecule has 20 heavy (non-hydrogen) atoms. The lowest BCUT2D eigenvalue weighted by Crippen LogP contribution is -3.00. The third kappa shape index (κ3) is 3.03. The molecule has 0 aliphatic carbocycles. The Morgan fingerprint density at radius 3 is 2.65 bits per heavy atom. The quantitative estimate of drug-likeness (QED) is 0.712. The van der Waals surface area contributed by atoms with Crippen LogP contribution in [0.3, 0.4) is 0 Å². The van der Waals surface area contributed by atoms with Crippen LogP contribution in [0, 0.1) is 11.3 Å². The van der Waals surface area contributed by atoms with Crippen molar-refractivity contribution >= 4 is 22.8 Å². The molecule has 2 aromatic carbocycles. The van der Waals surface area contributed by atoms with Crippen LogP contribution in [0.15, 0.2) is 53.7 Å². The van der Waals surface area contributed by atoms with E-state index in [1.54, 1.807) is 11.8 Å². The van der Waals surface area contributed by atoms with Crippen molar-refractivity contribution in [3.05, 3.63) is 59.7 Å². The third-order valence-electron chi connectivity index (χ3n) is 2.87. The molecule has 0 spiro atoms. The van der Waals surface area contributed by atoms with Crippen LogP contribution in [0.25, 0.3) is 11.0 Å². The first-order valence-electron chi connectivity index (χ1n) is 5.92. The van der Waals surface area contributed by atoms with E-state index in [0.717, 1.165) is 33.1 Å². The Bertz CT molecular complexity index is 728. The summed E-state index contributed by atoms with van der Waals surface area (Å²) in [5, 5.41) is 9.93. The Hall–Kier alpha value is -1.77. The van der Waals surface area contributed by atoms with Gasteiger partial charge in [0, 0.05) is 5.75 Å². The van der Waals surface area contributed by atoms with Gasteiger partial charge in [0.1, 0.15) is 0 Å². The van der Waals surface area contributed by atoms with Crippen LogP contribution in [0.4, 0.5) is 0 Å². The molecular formula is C15H11BrN3S-. The summed E-state index contributed by atoms with van der Waals surface area (Å²) < 4.78 is 0. The van der Waals surface area contributed by atoms with Gasteiger partial charge in [0.15, 0.2) is 5.16 Å². The van der Waals surface area contributed by atoms with Crippen LogP contribution < -0.4 is 17.0 Å². The van der Waals surface area contributed by atoms with Gasteiger partial charge < -0.3 is 22.0 Å². The molecule has 0 fully saturated rings. The van der Waals surface area contributed by atoms with Crippen LogP contribution in [0.1, 0.15) is 11.1 Å². The molecule has 5 heteroatoms. The molecule has 1 aromatic heterocycles. The summed E-state index contributed by atoms with van der Waals surface area (Å²) in [6.07, 6.45) is 0. The number of rotatable bonds is 3. The number of benzene rings is 2. The number of para-hydroxylation sites is 2. The van der Waals surface area contributed by atoms with E-state index in [1.807, 2.05) is 48.5 Å². The molecule has 0 unspecified atom stereocenters. The number of nitrogens with zero attached hydrogens (tertiary/aromatic N) is 2. The van der Waals surface area contributed by atoms with Gasteiger partial charge in [0.25, 0.3) is 0 Å². The highest BCUT2D eigenvalue weighted by molar-refractivity contribution is 7.98. The lowest BCUT2D eigenvalue weighted by atomic mass is 10.1. The predicted molar refractivity (Wildman–Crippen MR) is 76.8 cm³/mol. The topological polar surface area (TPSA) is 52.5 Å². The molecule has 0 radical (unpaired) electrons. The molecule has 1 N–H and O–H groups in total. The fourth-order valence-electron chi connectivity index (χ4n) is 1.90. The Morgan fingerprint density at radius 1 is 1.10 bits per heavy atom. The van der Waals surface area contributed by atoms with Crippen molar-refractivity contribution < 1.29 is 17.0 Å². The van der Waals surface area contributed by atoms with E-state index in [4.69, 9.17) is 5.26 Å². The standard InChI is InChI=1S/C15H11N3S.BrH/c16-9-11-5-1-2-6-12(11)10-19-15-17-13-7-3-4-8-14(13)18-15;/h1-8H,10H2,(H,17,18);1H/p-1. The van der Waals surface area contributed by atoms with Crippen molar-refractivity contribution in [2.75, 3.05) is 0 Å². The summed E-state index contributed by atoms with van der Waals surface area (Å²) in [4.78, 5) is 7.78. The number of fused-ring (bicyclic) bond motifs is 1. The van der Waals surface area contributed by atoms with E-state index >= 15 is 0 Å². The van der Waals surface area contributed by atoms with Gasteiger partial charge >= 0.3 is 0 Å². The Labute approximate surface area is 131 Å². The molecule has 3 rings (SSSR count). The highest BCUT2D eigenvalue weighted by atomic mass is 79.9. The normalized spacial score (nSPS) is 9.95. The molecule has 0 aliphatic heterocycles. The van der Waals surface area contributed by atoms with Crippen molar-refractivity contribution in [2.24, 2.45) is 0 Å². The average Bonchev–Trinajstić information content (AvgIpc) is 2.88. The summed E-state index contributed by atoms with van der Waals surface area (Å²) in [6.45, 7) is 0. The maximum atomic E-state index is 9.05. The number of H-pyrrole nitrogens is 1. The summed E-state index contributed by atoms with van der Waals surface area (Å²) in [7, 11) is 0. The second-order valence-electron chi connectivity index (χ2n) is 4.12. The lowest BCUT2D eigenvalue weighted by Gasteiger charge is -2.01. The molecular weight excluding hydrogens is 334 g/mol. The second-order valence-corrected chi connectivity index (χ2v) is 5.08. The van der Waals surface area contributed by atoms with Gasteiger partial charge in [-0.3, -0.25) is 0 Å². The van der Waals surface area contributed by atoms with Crippen molar-refractivity contribution in [3.8, 4) is 6.07 Å². The third-order valence-corrected chi connectivity index (χ3v) is 3.79. The first kappa shape index (κ1) is 14.6. The molecule has 1 heterocycles. The van der Waals surface area contributed by atoms with E-state index in [9.17, 15) is 0 Å². The zero-order valence-corrected chi connectivity index (χ0v) is 12.9. The largest absolute Gasteiger partial charge is 1.00 e. The first-order chi connectivity index (χ1) is 9.36. The number of aromatic nitrogens is 2. The Kier molecular flexibility index (Phi) is 4.83. The number of nitrogens with one attached hydrogen (secondary N) is 1. The minimum atomic E-state index is 0. The van der Waals surface area contributed by atoms with Crippen LogP contribution in [0.2, 0.25) is 0 Å². The number of imidazole rings is 1. The molecule has 3 nitrogen and oxygen atoms in total. The van der Waals surface area contributed by atoms with Crippen molar-refractivity contribution in [3.63, 3.8) is 0 Å². The highest BCUT2D eigenvalue weighted by Crippen LogP contribution is 2.24. The molecule has 100 valence electrons. The van der Waals surface area contributed by atoms with Crippen LogP contribution in [-0.2, 0) is 5.75 Å². The van der Waals surface area contributed by atoms with Crippen molar-refractivity contribution in [1.29, 1.82) is 5.26 Å². The maximum absolute atomic E-state index is 9.05. The number of aromatic amines is 1. The summed E-state index contributed by atoms with van der Waals surface area (Å²) in [5.74, 6) is 0.740. The molecule has 0 bridgehead atoms. The maximum Gasteiger partial charge on any atom is 0.166 e. The van der Waals surface area contributed by atoms with E-state index < -0.39 is 0 Å². The minimum Gasteiger partial charge on any atom is -1.00 e. The van der Waals surface area contributed by atoms with Gasteiger partial charge in [-0.15, -0.1) is 0 Å². The fraction of sp³-hybridized carbons (Fsp3) is 0.0667. The second kappa shape index (κ2) is 6.60. The lowest BCUT2D eigenvalue weighted by molar-refractivity contribution is -0.00000407. The molecule has 0 amide bonds. The first-order valence-corrected chi connectivity index (χ1v) is 6.91. The smallest absolute Gasteiger partial charge is 0.166 e. The zero-order chi connectivity index (χ0) is 13.1. The molecule has 3 aromatic rings. The number of thioether (sulfide) groups is 1. The Morgan fingerprint density at radius 2 is 1.85 bits per heavy atom. The van der Waals surface area contributed by atoms with E-state index in [-0.39, 0.29) is 17.0 Å². The van der Waals surface area contributed by atoms with E-state index in [1.165, 1.54) is 0 Å². The van der Waals surface area contributed by atoms with Crippen LogP contribution in [0.5, 0.6) is 0 Å². The van der Waals surface area contributed by atoms with Gasteiger partial charge in [0.05, 0.1) is 22.7 Å². The highest BCUT2D eigenvalue weighted by Gasteiger charge is 2.05. The van der Waals surface area contributed by atoms with Crippen LogP contribution in [-0.4, -0.2) is 9.97 Å². The monoisotopic (exact) mass is 344 g/mol. The molecule has 0 aliphatic rings. The van der Waals surface area contributed by atoms with Crippen molar-refractivity contribution in [1.82, 2.24) is 9.97 Å². The van der Waals surface area contributed by atoms with Gasteiger partial charge in [-0.2, -0.15) is 5.26 Å². The van der Waals surface area contributed by atoms with Gasteiger partial charge in [-0.1, -0.05) is 42.1 Å². The number of hydrogen-bond acceptors (Lipinski definition) is 3. The average molecular weight is 345 g/mol. The van der Waals surface area contributed by atoms with Gasteiger partial charge in [-0.25, -0.2) is 4.98 Å². The Balaban J connectivity index is 0.00000147. The SMILES string of the molecule is N#Cc1ccccc1CSc1nc2ccccc2[nH]1.[Br-]. The predicted octanol–water partition coefficient (Wildman–Crippen LogP) is 0.731. The molecule has 0 saturated heterocycles. The van der Waals surface area contributed by atoms with Crippen molar-refractivity contribution in [2.45, 2.75) is 10.9 Å². The van der Waals surface area contributed by atoms with Gasteiger partial charge in [0.2, 0.25) is 0 Å².